The summed E-state index contributed by atoms with van der Waals surface area (Å²) in [6.45, 7) is 2.22. The summed E-state index contributed by atoms with van der Waals surface area (Å²) in [6.07, 6.45) is 5.30. The average molecular weight is 171 g/mol. The lowest BCUT2D eigenvalue weighted by Crippen LogP contribution is -1.98. The lowest BCUT2D eigenvalue weighted by molar-refractivity contribution is 0.769. The number of rotatable bonds is 1. The van der Waals surface area contributed by atoms with E-state index in [0.717, 1.165) is 12.1 Å². The Balaban J connectivity index is 2.32. The third-order valence-corrected chi connectivity index (χ3v) is 2.22. The highest BCUT2D eigenvalue weighted by atomic mass is 14.7. The van der Waals surface area contributed by atoms with Gasteiger partial charge in [0.1, 0.15) is 0 Å². The molecule has 0 fully saturated rings. The molecule has 0 N–H and O–H groups in total. The minimum absolute atomic E-state index is 0.618. The molecule has 1 unspecified atom stereocenters. The van der Waals surface area contributed by atoms with E-state index >= 15 is 0 Å². The number of aliphatic imine (C=N–C) groups is 1. The van der Waals surface area contributed by atoms with Gasteiger partial charge in [0.25, 0.3) is 0 Å². The van der Waals surface area contributed by atoms with E-state index in [2.05, 4.69) is 30.1 Å². The maximum absolute atomic E-state index is 4.39. The number of hydrogen-bond donors (Lipinski definition) is 0. The molecule has 2 rings (SSSR count). The Morgan fingerprint density at radius 2 is 2.00 bits per heavy atom. The zero-order chi connectivity index (χ0) is 9.10. The molecule has 1 aromatic carbocycles. The van der Waals surface area contributed by atoms with Gasteiger partial charge in [0, 0.05) is 6.21 Å². The van der Waals surface area contributed by atoms with Crippen molar-refractivity contribution in [2.45, 2.75) is 13.3 Å². The van der Waals surface area contributed by atoms with Gasteiger partial charge in [0.2, 0.25) is 0 Å². The fraction of sp³-hybridized carbons (Fsp3) is 0.250. The second kappa shape index (κ2) is 3.56. The number of hydrogen-bond acceptors (Lipinski definition) is 1. The SMILES string of the molecule is CC1C=C(c2ccccc2)N=CC1. The second-order valence-corrected chi connectivity index (χ2v) is 3.44. The predicted molar refractivity (Wildman–Crippen MR) is 56.7 cm³/mol. The molecular weight excluding hydrogens is 158 g/mol. The Morgan fingerprint density at radius 3 is 2.69 bits per heavy atom. The summed E-state index contributed by atoms with van der Waals surface area (Å²) >= 11 is 0. The van der Waals surface area contributed by atoms with Gasteiger partial charge in [0.05, 0.1) is 5.70 Å². The Kier molecular flexibility index (Phi) is 2.26. The molecule has 1 heterocycles. The van der Waals surface area contributed by atoms with Crippen molar-refractivity contribution in [3.05, 3.63) is 42.0 Å². The molecule has 0 bridgehead atoms. The molecule has 1 nitrogen and oxygen atoms in total. The van der Waals surface area contributed by atoms with Crippen LogP contribution in [0.4, 0.5) is 0 Å². The van der Waals surface area contributed by atoms with Gasteiger partial charge in [-0.3, -0.25) is 4.99 Å². The lowest BCUT2D eigenvalue weighted by Gasteiger charge is -2.11. The van der Waals surface area contributed by atoms with E-state index in [1.807, 2.05) is 24.4 Å². The summed E-state index contributed by atoms with van der Waals surface area (Å²) in [5.74, 6) is 0.618. The van der Waals surface area contributed by atoms with Crippen LogP contribution in [0.15, 0.2) is 41.4 Å². The molecular formula is C12H13N. The smallest absolute Gasteiger partial charge is 0.0661 e. The molecule has 1 aliphatic rings. The molecule has 0 saturated carbocycles. The zero-order valence-electron chi connectivity index (χ0n) is 7.77. The minimum Gasteiger partial charge on any atom is -0.261 e. The van der Waals surface area contributed by atoms with Crippen LogP contribution in [0.1, 0.15) is 18.9 Å². The quantitative estimate of drug-likeness (QED) is 0.615. The first-order valence-electron chi connectivity index (χ1n) is 4.66. The second-order valence-electron chi connectivity index (χ2n) is 3.44. The summed E-state index contributed by atoms with van der Waals surface area (Å²) in [7, 11) is 0. The van der Waals surface area contributed by atoms with Gasteiger partial charge < -0.3 is 0 Å². The van der Waals surface area contributed by atoms with Gasteiger partial charge >= 0.3 is 0 Å². The lowest BCUT2D eigenvalue weighted by atomic mass is 10.0. The maximum Gasteiger partial charge on any atom is 0.0661 e. The van der Waals surface area contributed by atoms with Crippen molar-refractivity contribution in [3.63, 3.8) is 0 Å². The first-order valence-corrected chi connectivity index (χ1v) is 4.66. The largest absolute Gasteiger partial charge is 0.261 e. The van der Waals surface area contributed by atoms with Crippen molar-refractivity contribution in [2.24, 2.45) is 10.9 Å². The minimum atomic E-state index is 0.618. The molecule has 13 heavy (non-hydrogen) atoms. The summed E-state index contributed by atoms with van der Waals surface area (Å²) < 4.78 is 0. The van der Waals surface area contributed by atoms with Crippen LogP contribution in [-0.4, -0.2) is 6.21 Å². The van der Waals surface area contributed by atoms with Crippen LogP contribution in [0, 0.1) is 5.92 Å². The molecule has 0 aliphatic carbocycles. The third-order valence-electron chi connectivity index (χ3n) is 2.22. The van der Waals surface area contributed by atoms with E-state index in [0.29, 0.717) is 5.92 Å². The van der Waals surface area contributed by atoms with E-state index in [9.17, 15) is 0 Å². The normalized spacial score (nSPS) is 21.3. The molecule has 0 amide bonds. The topological polar surface area (TPSA) is 12.4 Å². The third kappa shape index (κ3) is 1.86. The van der Waals surface area contributed by atoms with Crippen molar-refractivity contribution < 1.29 is 0 Å². The van der Waals surface area contributed by atoms with Crippen LogP contribution in [0.5, 0.6) is 0 Å². The van der Waals surface area contributed by atoms with Crippen molar-refractivity contribution in [1.82, 2.24) is 0 Å². The molecule has 1 aliphatic heterocycles. The van der Waals surface area contributed by atoms with E-state index in [1.165, 1.54) is 5.56 Å². The molecule has 66 valence electrons. The summed E-state index contributed by atoms with van der Waals surface area (Å²) in [6, 6.07) is 10.3. The molecule has 1 heteroatoms. The van der Waals surface area contributed by atoms with Gasteiger partial charge in [-0.1, -0.05) is 43.3 Å². The van der Waals surface area contributed by atoms with Crippen molar-refractivity contribution in [3.8, 4) is 0 Å². The fourth-order valence-corrected chi connectivity index (χ4v) is 1.48. The van der Waals surface area contributed by atoms with Gasteiger partial charge in [-0.05, 0) is 17.9 Å². The molecule has 0 spiro atoms. The standard InChI is InChI=1S/C12H13N/c1-10-7-8-13-12(9-10)11-5-3-2-4-6-11/h2-6,8-10H,7H2,1H3. The van der Waals surface area contributed by atoms with Crippen LogP contribution in [0.25, 0.3) is 5.70 Å². The zero-order valence-corrected chi connectivity index (χ0v) is 7.77. The Hall–Kier alpha value is -1.37. The van der Waals surface area contributed by atoms with Crippen LogP contribution < -0.4 is 0 Å². The Morgan fingerprint density at radius 1 is 1.23 bits per heavy atom. The van der Waals surface area contributed by atoms with Crippen LogP contribution in [-0.2, 0) is 0 Å². The highest BCUT2D eigenvalue weighted by Gasteiger charge is 2.06. The van der Waals surface area contributed by atoms with Gasteiger partial charge in [-0.2, -0.15) is 0 Å². The molecule has 1 aromatic rings. The first kappa shape index (κ1) is 8.24. The molecule has 0 saturated heterocycles. The summed E-state index contributed by atoms with van der Waals surface area (Å²) in [4.78, 5) is 4.39. The van der Waals surface area contributed by atoms with Crippen molar-refractivity contribution in [1.29, 1.82) is 0 Å². The van der Waals surface area contributed by atoms with Gasteiger partial charge in [0.15, 0.2) is 0 Å². The summed E-state index contributed by atoms with van der Waals surface area (Å²) in [5.41, 5.74) is 2.32. The van der Waals surface area contributed by atoms with E-state index < -0.39 is 0 Å². The molecule has 0 radical (unpaired) electrons. The Labute approximate surface area is 78.8 Å². The average Bonchev–Trinajstić information content (AvgIpc) is 2.19. The fourth-order valence-electron chi connectivity index (χ4n) is 1.48. The molecule has 1 atom stereocenters. The van der Waals surface area contributed by atoms with E-state index in [-0.39, 0.29) is 0 Å². The van der Waals surface area contributed by atoms with Crippen LogP contribution >= 0.6 is 0 Å². The Bertz CT molecular complexity index is 335. The molecule has 0 aromatic heterocycles. The summed E-state index contributed by atoms with van der Waals surface area (Å²) in [5, 5.41) is 0. The first-order chi connectivity index (χ1) is 6.36. The van der Waals surface area contributed by atoms with Gasteiger partial charge in [-0.25, -0.2) is 0 Å². The predicted octanol–water partition coefficient (Wildman–Crippen LogP) is 3.14. The van der Waals surface area contributed by atoms with Gasteiger partial charge in [-0.15, -0.1) is 0 Å². The monoisotopic (exact) mass is 171 g/mol. The maximum atomic E-state index is 4.39. The van der Waals surface area contributed by atoms with Crippen molar-refractivity contribution >= 4 is 11.9 Å². The highest BCUT2D eigenvalue weighted by molar-refractivity contribution is 5.76. The van der Waals surface area contributed by atoms with E-state index in [4.69, 9.17) is 0 Å². The van der Waals surface area contributed by atoms with E-state index in [1.54, 1.807) is 0 Å². The number of nitrogens with zero attached hydrogens (tertiary/aromatic N) is 1. The van der Waals surface area contributed by atoms with Crippen LogP contribution in [0.2, 0.25) is 0 Å². The van der Waals surface area contributed by atoms with Crippen LogP contribution in [0.3, 0.4) is 0 Å². The highest BCUT2D eigenvalue weighted by Crippen LogP contribution is 2.21. The van der Waals surface area contributed by atoms with Crippen molar-refractivity contribution in [2.75, 3.05) is 0 Å². The number of allylic oxidation sites excluding steroid dienone is 1. The number of benzene rings is 1.